The van der Waals surface area contributed by atoms with Crippen LogP contribution in [-0.4, -0.2) is 17.4 Å². The fourth-order valence-corrected chi connectivity index (χ4v) is 7.45. The Morgan fingerprint density at radius 2 is 2.08 bits per heavy atom. The second-order valence-corrected chi connectivity index (χ2v) is 9.42. The third-order valence-electron chi connectivity index (χ3n) is 8.65. The largest absolute Gasteiger partial charge is 0.451 e. The summed E-state index contributed by atoms with van der Waals surface area (Å²) in [4.78, 5) is 23.8. The van der Waals surface area contributed by atoms with Gasteiger partial charge in [-0.1, -0.05) is 18.6 Å². The van der Waals surface area contributed by atoms with Crippen LogP contribution in [0.5, 0.6) is 0 Å². The highest BCUT2D eigenvalue weighted by Gasteiger charge is 2.65. The molecule has 3 nitrogen and oxygen atoms in total. The number of esters is 1. The molecule has 1 aliphatic heterocycles. The fourth-order valence-electron chi connectivity index (χ4n) is 7.45. The zero-order valence-electron chi connectivity index (χ0n) is 15.6. The van der Waals surface area contributed by atoms with Crippen LogP contribution in [0.1, 0.15) is 51.9 Å². The highest BCUT2D eigenvalue weighted by Crippen LogP contribution is 2.67. The topological polar surface area (TPSA) is 43.4 Å². The Morgan fingerprint density at radius 1 is 1.23 bits per heavy atom. The molecule has 26 heavy (non-hydrogen) atoms. The number of rotatable bonds is 1. The molecule has 3 saturated carbocycles. The monoisotopic (exact) mass is 352 g/mol. The molecule has 3 fully saturated rings. The average Bonchev–Trinajstić information content (AvgIpc) is 3.14. The molecule has 0 saturated heterocycles. The minimum atomic E-state index is -0.385. The van der Waals surface area contributed by atoms with Crippen molar-refractivity contribution in [2.75, 3.05) is 0 Å². The van der Waals surface area contributed by atoms with E-state index < -0.39 is 0 Å². The molecule has 0 bridgehead atoms. The maximum absolute atomic E-state index is 11.9. The van der Waals surface area contributed by atoms with E-state index in [1.165, 1.54) is 12.0 Å². The molecule has 0 radical (unpaired) electrons. The van der Waals surface area contributed by atoms with Crippen molar-refractivity contribution in [1.29, 1.82) is 0 Å². The Bertz CT molecular complexity index is 747. The molecule has 1 heterocycles. The van der Waals surface area contributed by atoms with Crippen LogP contribution in [-0.2, 0) is 14.3 Å². The number of ether oxygens (including phenoxy) is 1. The summed E-state index contributed by atoms with van der Waals surface area (Å²) in [6.07, 6.45) is 14.9. The lowest BCUT2D eigenvalue weighted by Gasteiger charge is -2.57. The molecule has 0 aromatic carbocycles. The zero-order chi connectivity index (χ0) is 18.1. The van der Waals surface area contributed by atoms with Gasteiger partial charge in [0.1, 0.15) is 5.60 Å². The molecule has 0 aromatic heterocycles. The minimum absolute atomic E-state index is 0.0315. The van der Waals surface area contributed by atoms with Crippen molar-refractivity contribution in [3.05, 3.63) is 36.5 Å². The van der Waals surface area contributed by atoms with Gasteiger partial charge < -0.3 is 4.74 Å². The molecule has 0 N–H and O–H groups in total. The highest BCUT2D eigenvalue weighted by molar-refractivity contribution is 5.91. The van der Waals surface area contributed by atoms with Gasteiger partial charge in [-0.2, -0.15) is 0 Å². The van der Waals surface area contributed by atoms with Crippen molar-refractivity contribution in [1.82, 2.24) is 0 Å². The molecule has 0 aromatic rings. The summed E-state index contributed by atoms with van der Waals surface area (Å²) in [7, 11) is 0. The van der Waals surface area contributed by atoms with E-state index in [-0.39, 0.29) is 17.0 Å². The van der Waals surface area contributed by atoms with Crippen molar-refractivity contribution < 1.29 is 14.3 Å². The first kappa shape index (κ1) is 16.5. The SMILES string of the molecule is C=C[C@@H]1CC2=CC(=O)CC[C@@H]2[C@H]2CC[C@@]3(C)[C@@H](CC[C@@]34C=CC(=O)O4)[C@@H]21. The lowest BCUT2D eigenvalue weighted by molar-refractivity contribution is -0.162. The second kappa shape index (κ2) is 5.43. The molecule has 0 amide bonds. The van der Waals surface area contributed by atoms with Crippen molar-refractivity contribution in [3.8, 4) is 0 Å². The average molecular weight is 352 g/mol. The van der Waals surface area contributed by atoms with Crippen LogP contribution in [0, 0.1) is 35.0 Å². The number of hydrogen-bond donors (Lipinski definition) is 0. The molecule has 3 heteroatoms. The molecular formula is C23H28O3. The van der Waals surface area contributed by atoms with Gasteiger partial charge in [-0.15, -0.1) is 6.58 Å². The van der Waals surface area contributed by atoms with E-state index in [2.05, 4.69) is 25.7 Å². The van der Waals surface area contributed by atoms with E-state index in [1.807, 2.05) is 6.08 Å². The number of ketones is 1. The van der Waals surface area contributed by atoms with Crippen molar-refractivity contribution in [2.45, 2.75) is 57.5 Å². The van der Waals surface area contributed by atoms with Crippen LogP contribution in [0.4, 0.5) is 0 Å². The van der Waals surface area contributed by atoms with Crippen molar-refractivity contribution in [3.63, 3.8) is 0 Å². The molecule has 0 unspecified atom stereocenters. The van der Waals surface area contributed by atoms with Gasteiger partial charge in [-0.3, -0.25) is 4.79 Å². The second-order valence-electron chi connectivity index (χ2n) is 9.42. The van der Waals surface area contributed by atoms with Gasteiger partial charge in [-0.25, -0.2) is 4.79 Å². The first-order valence-electron chi connectivity index (χ1n) is 10.3. The van der Waals surface area contributed by atoms with E-state index in [1.54, 1.807) is 6.08 Å². The molecule has 7 atom stereocenters. The van der Waals surface area contributed by atoms with E-state index in [0.29, 0.717) is 41.8 Å². The predicted molar refractivity (Wildman–Crippen MR) is 99.1 cm³/mol. The zero-order valence-corrected chi connectivity index (χ0v) is 15.6. The summed E-state index contributed by atoms with van der Waals surface area (Å²) in [6, 6.07) is 0. The van der Waals surface area contributed by atoms with Gasteiger partial charge in [-0.05, 0) is 80.3 Å². The maximum atomic E-state index is 11.9. The van der Waals surface area contributed by atoms with Crippen LogP contribution in [0.3, 0.4) is 0 Å². The quantitative estimate of drug-likeness (QED) is 0.519. The Labute approximate surface area is 155 Å². The highest BCUT2D eigenvalue weighted by atomic mass is 16.6. The summed E-state index contributed by atoms with van der Waals surface area (Å²) in [6.45, 7) is 6.52. The maximum Gasteiger partial charge on any atom is 0.331 e. The molecule has 5 rings (SSSR count). The molecule has 138 valence electrons. The number of hydrogen-bond acceptors (Lipinski definition) is 3. The lowest BCUT2D eigenvalue weighted by Crippen LogP contribution is -2.54. The van der Waals surface area contributed by atoms with E-state index >= 15 is 0 Å². The van der Waals surface area contributed by atoms with Crippen LogP contribution in [0.2, 0.25) is 0 Å². The number of carbonyl (C=O) groups excluding carboxylic acids is 2. The van der Waals surface area contributed by atoms with Gasteiger partial charge in [0.2, 0.25) is 0 Å². The predicted octanol–water partition coefficient (Wildman–Crippen LogP) is 4.39. The van der Waals surface area contributed by atoms with Crippen molar-refractivity contribution in [2.24, 2.45) is 35.0 Å². The Balaban J connectivity index is 1.53. The van der Waals surface area contributed by atoms with Gasteiger partial charge in [0, 0.05) is 17.9 Å². The molecule has 1 spiro atoms. The minimum Gasteiger partial charge on any atom is -0.451 e. The first-order valence-corrected chi connectivity index (χ1v) is 10.3. The van der Waals surface area contributed by atoms with Crippen molar-refractivity contribution >= 4 is 11.8 Å². The third kappa shape index (κ3) is 2.00. The summed E-state index contributed by atoms with van der Waals surface area (Å²) in [5.41, 5.74) is 1.03. The fraction of sp³-hybridized carbons (Fsp3) is 0.652. The Kier molecular flexibility index (Phi) is 3.45. The molecule has 4 aliphatic carbocycles. The third-order valence-corrected chi connectivity index (χ3v) is 8.65. The van der Waals surface area contributed by atoms with E-state index in [0.717, 1.165) is 32.1 Å². The van der Waals surface area contributed by atoms with Gasteiger partial charge in [0.15, 0.2) is 5.78 Å². The smallest absolute Gasteiger partial charge is 0.331 e. The number of allylic oxidation sites excluding steroid dienone is 2. The van der Waals surface area contributed by atoms with Crippen LogP contribution >= 0.6 is 0 Å². The van der Waals surface area contributed by atoms with E-state index in [4.69, 9.17) is 4.74 Å². The summed E-state index contributed by atoms with van der Waals surface area (Å²) >= 11 is 0. The van der Waals surface area contributed by atoms with E-state index in [9.17, 15) is 9.59 Å². The van der Waals surface area contributed by atoms with Gasteiger partial charge in [0.25, 0.3) is 0 Å². The summed E-state index contributed by atoms with van der Waals surface area (Å²) in [5.74, 6) is 2.98. The molecule has 5 aliphatic rings. The van der Waals surface area contributed by atoms with Crippen LogP contribution in [0.15, 0.2) is 36.5 Å². The van der Waals surface area contributed by atoms with Gasteiger partial charge >= 0.3 is 5.97 Å². The lowest BCUT2D eigenvalue weighted by atomic mass is 9.48. The Hall–Kier alpha value is -1.64. The number of carbonyl (C=O) groups is 2. The normalized spacial score (nSPS) is 49.3. The van der Waals surface area contributed by atoms with Crippen LogP contribution < -0.4 is 0 Å². The summed E-state index contributed by atoms with van der Waals surface area (Å²) in [5, 5.41) is 0. The Morgan fingerprint density at radius 3 is 2.81 bits per heavy atom. The first-order chi connectivity index (χ1) is 12.5. The molecular weight excluding hydrogens is 324 g/mol. The van der Waals surface area contributed by atoms with Crippen LogP contribution in [0.25, 0.3) is 0 Å². The number of fused-ring (bicyclic) bond motifs is 6. The van der Waals surface area contributed by atoms with Gasteiger partial charge in [0.05, 0.1) is 0 Å². The standard InChI is InChI=1S/C23H28O3/c1-3-14-12-15-13-16(24)4-5-17(15)18-6-9-22(2)19(21(14)18)7-10-23(22)11-8-20(25)26-23/h3,8,11,13-14,17-19,21H,1,4-7,9-10,12H2,2H3/t14-,17+,18-,19+,21-,22+,23-/m1/s1. The summed E-state index contributed by atoms with van der Waals surface area (Å²) < 4.78 is 5.92.